The lowest BCUT2D eigenvalue weighted by Gasteiger charge is -2.33. The molecular formula is C12H18O3. The van der Waals surface area contributed by atoms with Crippen molar-refractivity contribution in [1.29, 1.82) is 0 Å². The zero-order chi connectivity index (χ0) is 10.8. The molecule has 2 bridgehead atoms. The first-order valence-corrected chi connectivity index (χ1v) is 5.87. The average molecular weight is 210 g/mol. The van der Waals surface area contributed by atoms with Crippen LogP contribution in [0.5, 0.6) is 0 Å². The van der Waals surface area contributed by atoms with Crippen LogP contribution in [0.25, 0.3) is 0 Å². The van der Waals surface area contributed by atoms with Crippen LogP contribution in [0.15, 0.2) is 0 Å². The first kappa shape index (κ1) is 9.79. The fourth-order valence-corrected chi connectivity index (χ4v) is 4.63. The summed E-state index contributed by atoms with van der Waals surface area (Å²) in [5.74, 6) is 2.64. The third-order valence-corrected chi connectivity index (χ3v) is 5.25. The Morgan fingerprint density at radius 2 is 2.00 bits per heavy atom. The summed E-state index contributed by atoms with van der Waals surface area (Å²) in [7, 11) is 0. The molecule has 3 nitrogen and oxygen atoms in total. The van der Waals surface area contributed by atoms with E-state index < -0.39 is 0 Å². The van der Waals surface area contributed by atoms with Crippen LogP contribution in [0.1, 0.15) is 19.8 Å². The van der Waals surface area contributed by atoms with E-state index >= 15 is 0 Å². The van der Waals surface area contributed by atoms with Crippen molar-refractivity contribution < 1.29 is 15.0 Å². The summed E-state index contributed by atoms with van der Waals surface area (Å²) in [6.07, 6.45) is 2.05. The molecule has 84 valence electrons. The number of aliphatic hydroxyl groups is 2. The van der Waals surface area contributed by atoms with Gasteiger partial charge in [0.1, 0.15) is 5.78 Å². The molecule has 0 radical (unpaired) electrons. The highest BCUT2D eigenvalue weighted by atomic mass is 16.3. The van der Waals surface area contributed by atoms with E-state index in [0.717, 1.165) is 12.8 Å². The Labute approximate surface area is 89.5 Å². The minimum absolute atomic E-state index is 0.0819. The second-order valence-corrected chi connectivity index (χ2v) is 5.78. The summed E-state index contributed by atoms with van der Waals surface area (Å²) < 4.78 is 0. The van der Waals surface area contributed by atoms with E-state index in [4.69, 9.17) is 0 Å². The first-order valence-electron chi connectivity index (χ1n) is 5.87. The van der Waals surface area contributed by atoms with Gasteiger partial charge in [-0.25, -0.2) is 0 Å². The number of hydrogen-bond acceptors (Lipinski definition) is 3. The number of ketones is 1. The van der Waals surface area contributed by atoms with Gasteiger partial charge in [0.25, 0.3) is 0 Å². The highest BCUT2D eigenvalue weighted by Gasteiger charge is 2.72. The molecule has 0 aromatic rings. The molecule has 3 fully saturated rings. The van der Waals surface area contributed by atoms with Gasteiger partial charge in [-0.3, -0.25) is 4.79 Å². The molecule has 3 heteroatoms. The van der Waals surface area contributed by atoms with Crippen LogP contribution in [-0.4, -0.2) is 29.2 Å². The zero-order valence-electron chi connectivity index (χ0n) is 9.02. The third kappa shape index (κ3) is 1.01. The molecule has 3 saturated carbocycles. The smallest absolute Gasteiger partial charge is 0.133 e. The molecule has 0 aliphatic heterocycles. The summed E-state index contributed by atoms with van der Waals surface area (Å²) in [5.41, 5.74) is -0.268. The second-order valence-electron chi connectivity index (χ2n) is 5.78. The average Bonchev–Trinajstić information content (AvgIpc) is 2.76. The number of hydrogen-bond donors (Lipinski definition) is 2. The lowest BCUT2D eigenvalue weighted by Crippen LogP contribution is -2.36. The molecule has 3 aliphatic carbocycles. The van der Waals surface area contributed by atoms with Crippen LogP contribution in [0.3, 0.4) is 0 Å². The Kier molecular flexibility index (Phi) is 1.85. The van der Waals surface area contributed by atoms with Crippen molar-refractivity contribution >= 4 is 5.78 Å². The molecule has 0 aromatic heterocycles. The number of rotatable bonds is 3. The van der Waals surface area contributed by atoms with Crippen molar-refractivity contribution in [3.05, 3.63) is 0 Å². The molecule has 0 saturated heterocycles. The van der Waals surface area contributed by atoms with Crippen LogP contribution in [0.4, 0.5) is 0 Å². The number of aliphatic hydroxyl groups excluding tert-OH is 2. The molecule has 3 aliphatic rings. The summed E-state index contributed by atoms with van der Waals surface area (Å²) in [4.78, 5) is 11.4. The molecule has 0 aromatic carbocycles. The maximum atomic E-state index is 11.4. The third-order valence-electron chi connectivity index (χ3n) is 5.25. The largest absolute Gasteiger partial charge is 0.396 e. The van der Waals surface area contributed by atoms with Crippen molar-refractivity contribution in [2.75, 3.05) is 13.2 Å². The van der Waals surface area contributed by atoms with Gasteiger partial charge in [-0.1, -0.05) is 0 Å². The van der Waals surface area contributed by atoms with Crippen molar-refractivity contribution in [3.63, 3.8) is 0 Å². The number of carbonyl (C=O) groups is 1. The quantitative estimate of drug-likeness (QED) is 0.711. The second kappa shape index (κ2) is 2.83. The van der Waals surface area contributed by atoms with E-state index in [0.29, 0.717) is 29.5 Å². The minimum atomic E-state index is -0.268. The Hall–Kier alpha value is -0.410. The molecular weight excluding hydrogens is 192 g/mol. The predicted octanol–water partition coefficient (Wildman–Crippen LogP) is 0.448. The maximum absolute atomic E-state index is 11.4. The lowest BCUT2D eigenvalue weighted by molar-refractivity contribution is -0.119. The van der Waals surface area contributed by atoms with Gasteiger partial charge in [-0.2, -0.15) is 0 Å². The van der Waals surface area contributed by atoms with Gasteiger partial charge in [0.2, 0.25) is 0 Å². The summed E-state index contributed by atoms with van der Waals surface area (Å²) in [5, 5.41) is 18.9. The standard InChI is InChI=1S/C12H18O3/c1-6(15)9-10-7-2-8(11(9)10)12(3-7,4-13)5-14/h7-11,13-14H,2-5H2,1H3/t7-,8-,9+,10+,11-/m0/s1. The van der Waals surface area contributed by atoms with Crippen LogP contribution in [0, 0.1) is 35.0 Å². The predicted molar refractivity (Wildman–Crippen MR) is 54.0 cm³/mol. The van der Waals surface area contributed by atoms with Crippen molar-refractivity contribution in [2.24, 2.45) is 35.0 Å². The topological polar surface area (TPSA) is 57.5 Å². The fourth-order valence-electron chi connectivity index (χ4n) is 4.63. The highest BCUT2D eigenvalue weighted by Crippen LogP contribution is 2.74. The number of fused-ring (bicyclic) bond motifs is 5. The Bertz CT molecular complexity index is 308. The van der Waals surface area contributed by atoms with E-state index in [-0.39, 0.29) is 24.5 Å². The van der Waals surface area contributed by atoms with Gasteiger partial charge in [0, 0.05) is 11.3 Å². The fraction of sp³-hybridized carbons (Fsp3) is 0.917. The molecule has 0 unspecified atom stereocenters. The van der Waals surface area contributed by atoms with Crippen LogP contribution >= 0.6 is 0 Å². The molecule has 5 atom stereocenters. The van der Waals surface area contributed by atoms with E-state index in [2.05, 4.69) is 0 Å². The van der Waals surface area contributed by atoms with Gasteiger partial charge >= 0.3 is 0 Å². The normalized spacial score (nSPS) is 49.1. The van der Waals surface area contributed by atoms with E-state index in [1.54, 1.807) is 6.92 Å². The summed E-state index contributed by atoms with van der Waals surface area (Å²) >= 11 is 0. The first-order chi connectivity index (χ1) is 7.14. The Morgan fingerprint density at radius 1 is 1.33 bits per heavy atom. The van der Waals surface area contributed by atoms with Crippen LogP contribution in [-0.2, 0) is 4.79 Å². The Morgan fingerprint density at radius 3 is 2.53 bits per heavy atom. The van der Waals surface area contributed by atoms with Crippen molar-refractivity contribution in [3.8, 4) is 0 Å². The molecule has 3 rings (SSSR count). The minimum Gasteiger partial charge on any atom is -0.396 e. The van der Waals surface area contributed by atoms with Crippen molar-refractivity contribution in [2.45, 2.75) is 19.8 Å². The molecule has 0 heterocycles. The Balaban J connectivity index is 1.86. The van der Waals surface area contributed by atoms with Crippen LogP contribution < -0.4 is 0 Å². The molecule has 0 amide bonds. The van der Waals surface area contributed by atoms with Gasteiger partial charge in [0.05, 0.1) is 13.2 Å². The number of carbonyl (C=O) groups excluding carboxylic acids is 1. The van der Waals surface area contributed by atoms with Gasteiger partial charge in [-0.05, 0) is 43.4 Å². The maximum Gasteiger partial charge on any atom is 0.133 e. The van der Waals surface area contributed by atoms with Crippen molar-refractivity contribution in [1.82, 2.24) is 0 Å². The number of Topliss-reactive ketones (excluding diaryl/α,β-unsaturated/α-hetero) is 1. The molecule has 15 heavy (non-hydrogen) atoms. The van der Waals surface area contributed by atoms with E-state index in [1.165, 1.54) is 0 Å². The van der Waals surface area contributed by atoms with E-state index in [9.17, 15) is 15.0 Å². The van der Waals surface area contributed by atoms with E-state index in [1.807, 2.05) is 0 Å². The molecule has 0 spiro atoms. The highest BCUT2D eigenvalue weighted by molar-refractivity contribution is 5.82. The molecule has 2 N–H and O–H groups in total. The van der Waals surface area contributed by atoms with Crippen LogP contribution in [0.2, 0.25) is 0 Å². The zero-order valence-corrected chi connectivity index (χ0v) is 9.02. The monoisotopic (exact) mass is 210 g/mol. The lowest BCUT2D eigenvalue weighted by atomic mass is 9.74. The van der Waals surface area contributed by atoms with Gasteiger partial charge in [0.15, 0.2) is 0 Å². The summed E-state index contributed by atoms with van der Waals surface area (Å²) in [6, 6.07) is 0. The van der Waals surface area contributed by atoms with Gasteiger partial charge < -0.3 is 10.2 Å². The van der Waals surface area contributed by atoms with Gasteiger partial charge in [-0.15, -0.1) is 0 Å². The SMILES string of the molecule is CC(=O)[C@@H]1[C@H]2[C@H]3C[C@@H]([C@@H]12)C(CO)(CO)C3. The summed E-state index contributed by atoms with van der Waals surface area (Å²) in [6.45, 7) is 1.85.